The number of hydrogen-bond donors (Lipinski definition) is 0. The Morgan fingerprint density at radius 3 is 2.21 bits per heavy atom. The fraction of sp³-hybridized carbons (Fsp3) is 0.400. The van der Waals surface area contributed by atoms with Crippen LogP contribution in [-0.2, 0) is 0 Å². The van der Waals surface area contributed by atoms with Gasteiger partial charge in [0.15, 0.2) is 0 Å². The number of amides is 1. The number of benzene rings is 3. The third-order valence-electron chi connectivity index (χ3n) is 7.05. The Hall–Kier alpha value is -2.59. The predicted octanol–water partition coefficient (Wildman–Crippen LogP) is 5.30. The van der Waals surface area contributed by atoms with E-state index in [0.29, 0.717) is 11.2 Å². The summed E-state index contributed by atoms with van der Waals surface area (Å²) in [4.78, 5) is 17.1. The highest BCUT2D eigenvalue weighted by molar-refractivity contribution is 6.07. The van der Waals surface area contributed by atoms with Gasteiger partial charge in [-0.1, -0.05) is 42.5 Å². The summed E-state index contributed by atoms with van der Waals surface area (Å²) >= 11 is 0. The number of fused-ring (bicyclic) bond motifs is 3. The van der Waals surface area contributed by atoms with Crippen LogP contribution in [0.15, 0.2) is 54.6 Å². The highest BCUT2D eigenvalue weighted by Crippen LogP contribution is 2.41. The van der Waals surface area contributed by atoms with Gasteiger partial charge in [0.2, 0.25) is 0 Å². The molecular weight excluding hydrogens is 360 g/mol. The highest BCUT2D eigenvalue weighted by atomic mass is 16.6. The number of hydrogen-bond acceptors (Lipinski definition) is 3. The summed E-state index contributed by atoms with van der Waals surface area (Å²) < 4.78 is 5.78. The third kappa shape index (κ3) is 3.58. The minimum Gasteiger partial charge on any atom is -0.410 e. The van der Waals surface area contributed by atoms with Crippen molar-refractivity contribution in [2.45, 2.75) is 25.7 Å². The summed E-state index contributed by atoms with van der Waals surface area (Å²) in [6.45, 7) is 3.96. The second-order valence-electron chi connectivity index (χ2n) is 8.83. The molecule has 5 rings (SSSR count). The second kappa shape index (κ2) is 7.34. The molecule has 150 valence electrons. The zero-order valence-electron chi connectivity index (χ0n) is 17.1. The lowest BCUT2D eigenvalue weighted by Gasteiger charge is -2.45. The molecule has 2 heterocycles. The van der Waals surface area contributed by atoms with E-state index in [4.69, 9.17) is 4.74 Å². The van der Waals surface area contributed by atoms with Crippen molar-refractivity contribution in [1.82, 2.24) is 9.80 Å². The standard InChI is InChI=1S/C25H28N2O2/c1-26-14-10-25(11-15-26)12-16-27(17-13-25)24(28)29-21-9-8-20-7-6-19-4-2-3-5-22(19)23(20)18-21/h2-9,18H,10-17H2,1H3. The molecule has 0 aliphatic carbocycles. The summed E-state index contributed by atoms with van der Waals surface area (Å²) in [5.74, 6) is 0.624. The van der Waals surface area contributed by atoms with E-state index in [1.807, 2.05) is 35.2 Å². The number of rotatable bonds is 1. The summed E-state index contributed by atoms with van der Waals surface area (Å²) in [7, 11) is 2.20. The summed E-state index contributed by atoms with van der Waals surface area (Å²) in [5, 5.41) is 4.66. The molecule has 1 spiro atoms. The van der Waals surface area contributed by atoms with E-state index in [1.54, 1.807) is 0 Å². The molecule has 4 nitrogen and oxygen atoms in total. The minimum atomic E-state index is -0.215. The molecule has 0 N–H and O–H groups in total. The molecule has 3 aromatic carbocycles. The molecule has 0 aromatic heterocycles. The van der Waals surface area contributed by atoms with Crippen molar-refractivity contribution in [2.75, 3.05) is 33.2 Å². The molecule has 2 aliphatic heterocycles. The summed E-state index contributed by atoms with van der Waals surface area (Å²) in [6.07, 6.45) is 4.48. The molecule has 29 heavy (non-hydrogen) atoms. The molecule has 3 aromatic rings. The SMILES string of the molecule is CN1CCC2(CC1)CCN(C(=O)Oc1ccc3ccc4ccccc4c3c1)CC2. The van der Waals surface area contributed by atoms with Crippen LogP contribution in [0.1, 0.15) is 25.7 Å². The van der Waals surface area contributed by atoms with Gasteiger partial charge in [-0.25, -0.2) is 4.79 Å². The van der Waals surface area contributed by atoms with E-state index in [2.05, 4.69) is 36.2 Å². The maximum absolute atomic E-state index is 12.8. The zero-order chi connectivity index (χ0) is 19.8. The summed E-state index contributed by atoms with van der Waals surface area (Å²) in [6, 6.07) is 18.5. The molecular formula is C25H28N2O2. The third-order valence-corrected chi connectivity index (χ3v) is 7.05. The Bertz CT molecular complexity index is 1040. The quantitative estimate of drug-likeness (QED) is 0.530. The molecule has 0 atom stereocenters. The molecule has 0 saturated carbocycles. The number of nitrogens with zero attached hydrogens (tertiary/aromatic N) is 2. The fourth-order valence-electron chi connectivity index (χ4n) is 4.97. The lowest BCUT2D eigenvalue weighted by molar-refractivity contribution is 0.0455. The number of ether oxygens (including phenoxy) is 1. The van der Waals surface area contributed by atoms with Gasteiger partial charge in [-0.2, -0.15) is 0 Å². The molecule has 2 fully saturated rings. The van der Waals surface area contributed by atoms with Gasteiger partial charge in [-0.05, 0) is 84.9 Å². The first-order chi connectivity index (χ1) is 14.1. The minimum absolute atomic E-state index is 0.215. The summed E-state index contributed by atoms with van der Waals surface area (Å²) in [5.41, 5.74) is 0.436. The van der Waals surface area contributed by atoms with Crippen LogP contribution >= 0.6 is 0 Å². The van der Waals surface area contributed by atoms with Gasteiger partial charge in [0.25, 0.3) is 0 Å². The van der Waals surface area contributed by atoms with Gasteiger partial charge in [0, 0.05) is 13.1 Å². The normalized spacial score (nSPS) is 19.7. The Labute approximate surface area is 172 Å². The average molecular weight is 389 g/mol. The lowest BCUT2D eigenvalue weighted by Crippen LogP contribution is -2.48. The molecule has 1 amide bonds. The fourth-order valence-corrected chi connectivity index (χ4v) is 4.97. The number of piperidine rings is 2. The van der Waals surface area contributed by atoms with Crippen LogP contribution in [0.2, 0.25) is 0 Å². The zero-order valence-corrected chi connectivity index (χ0v) is 17.1. The van der Waals surface area contributed by atoms with Crippen molar-refractivity contribution in [1.29, 1.82) is 0 Å². The van der Waals surface area contributed by atoms with Crippen molar-refractivity contribution in [3.63, 3.8) is 0 Å². The van der Waals surface area contributed by atoms with Crippen LogP contribution in [0.5, 0.6) is 5.75 Å². The maximum atomic E-state index is 12.8. The molecule has 4 heteroatoms. The van der Waals surface area contributed by atoms with E-state index in [-0.39, 0.29) is 6.09 Å². The van der Waals surface area contributed by atoms with Crippen molar-refractivity contribution >= 4 is 27.6 Å². The van der Waals surface area contributed by atoms with Crippen LogP contribution in [0, 0.1) is 5.41 Å². The van der Waals surface area contributed by atoms with Crippen molar-refractivity contribution < 1.29 is 9.53 Å². The van der Waals surface area contributed by atoms with E-state index >= 15 is 0 Å². The van der Waals surface area contributed by atoms with E-state index in [9.17, 15) is 4.79 Å². The van der Waals surface area contributed by atoms with Gasteiger partial charge >= 0.3 is 6.09 Å². The number of carbonyl (C=O) groups excluding carboxylic acids is 1. The van der Waals surface area contributed by atoms with Gasteiger partial charge in [-0.15, -0.1) is 0 Å². The van der Waals surface area contributed by atoms with E-state index in [1.165, 1.54) is 36.7 Å². The monoisotopic (exact) mass is 388 g/mol. The van der Waals surface area contributed by atoms with Crippen LogP contribution in [0.4, 0.5) is 4.79 Å². The molecule has 0 unspecified atom stereocenters. The first-order valence-electron chi connectivity index (χ1n) is 10.7. The Balaban J connectivity index is 1.30. The Morgan fingerprint density at radius 2 is 1.45 bits per heavy atom. The predicted molar refractivity (Wildman–Crippen MR) is 117 cm³/mol. The molecule has 0 radical (unpaired) electrons. The average Bonchev–Trinajstić information content (AvgIpc) is 2.76. The highest BCUT2D eigenvalue weighted by Gasteiger charge is 2.38. The Morgan fingerprint density at radius 1 is 0.828 bits per heavy atom. The lowest BCUT2D eigenvalue weighted by atomic mass is 9.71. The van der Waals surface area contributed by atoms with Crippen LogP contribution in [0.25, 0.3) is 21.5 Å². The number of likely N-dealkylation sites (tertiary alicyclic amines) is 2. The molecule has 2 aliphatic rings. The van der Waals surface area contributed by atoms with Gasteiger partial charge < -0.3 is 14.5 Å². The van der Waals surface area contributed by atoms with Gasteiger partial charge in [0.05, 0.1) is 0 Å². The van der Waals surface area contributed by atoms with Gasteiger partial charge in [0.1, 0.15) is 5.75 Å². The topological polar surface area (TPSA) is 32.8 Å². The van der Waals surface area contributed by atoms with Crippen molar-refractivity contribution in [3.8, 4) is 5.75 Å². The van der Waals surface area contributed by atoms with Crippen molar-refractivity contribution in [2.24, 2.45) is 5.41 Å². The second-order valence-corrected chi connectivity index (χ2v) is 8.83. The first kappa shape index (κ1) is 18.4. The Kier molecular flexibility index (Phi) is 4.67. The van der Waals surface area contributed by atoms with Crippen LogP contribution in [0.3, 0.4) is 0 Å². The largest absolute Gasteiger partial charge is 0.415 e. The smallest absolute Gasteiger partial charge is 0.410 e. The van der Waals surface area contributed by atoms with Gasteiger partial charge in [-0.3, -0.25) is 0 Å². The first-order valence-corrected chi connectivity index (χ1v) is 10.7. The molecule has 2 saturated heterocycles. The molecule has 0 bridgehead atoms. The maximum Gasteiger partial charge on any atom is 0.415 e. The van der Waals surface area contributed by atoms with Crippen LogP contribution in [-0.4, -0.2) is 49.1 Å². The van der Waals surface area contributed by atoms with Crippen LogP contribution < -0.4 is 4.74 Å². The van der Waals surface area contributed by atoms with E-state index < -0.39 is 0 Å². The van der Waals surface area contributed by atoms with E-state index in [0.717, 1.165) is 36.7 Å². The number of carbonyl (C=O) groups is 1. The van der Waals surface area contributed by atoms with Crippen molar-refractivity contribution in [3.05, 3.63) is 54.6 Å².